The molecule has 28 heavy (non-hydrogen) atoms. The first-order chi connectivity index (χ1) is 13.5. The van der Waals surface area contributed by atoms with Gasteiger partial charge < -0.3 is 15.9 Å². The first-order valence-electron chi connectivity index (χ1n) is 8.29. The fourth-order valence-electron chi connectivity index (χ4n) is 2.34. The lowest BCUT2D eigenvalue weighted by Gasteiger charge is -2.07. The highest BCUT2D eigenvalue weighted by molar-refractivity contribution is 7.99. The minimum atomic E-state index is -0.187. The van der Waals surface area contributed by atoms with Gasteiger partial charge in [-0.2, -0.15) is 0 Å². The van der Waals surface area contributed by atoms with Crippen LogP contribution >= 0.6 is 35.0 Å². The number of hydrogen-bond acceptors (Lipinski definition) is 6. The van der Waals surface area contributed by atoms with Gasteiger partial charge in [0.1, 0.15) is 5.75 Å². The van der Waals surface area contributed by atoms with Crippen LogP contribution in [-0.2, 0) is 4.79 Å². The highest BCUT2D eigenvalue weighted by atomic mass is 35.5. The Morgan fingerprint density at radius 3 is 2.61 bits per heavy atom. The van der Waals surface area contributed by atoms with E-state index in [1.54, 1.807) is 42.5 Å². The van der Waals surface area contributed by atoms with Gasteiger partial charge in [-0.1, -0.05) is 35.0 Å². The number of nitrogen functional groups attached to an aromatic ring is 1. The summed E-state index contributed by atoms with van der Waals surface area (Å²) in [7, 11) is 0. The molecule has 7 nitrogen and oxygen atoms in total. The molecule has 1 amide bonds. The van der Waals surface area contributed by atoms with Gasteiger partial charge in [0.15, 0.2) is 5.82 Å². The molecule has 0 radical (unpaired) electrons. The number of nitrogens with zero attached hydrogens (tertiary/aromatic N) is 3. The van der Waals surface area contributed by atoms with E-state index in [9.17, 15) is 4.79 Å². The number of halogens is 2. The minimum absolute atomic E-state index is 0.129. The summed E-state index contributed by atoms with van der Waals surface area (Å²) in [6.07, 6.45) is 0. The third-order valence-electron chi connectivity index (χ3n) is 3.62. The lowest BCUT2D eigenvalue weighted by molar-refractivity contribution is -0.113. The Morgan fingerprint density at radius 1 is 1.18 bits per heavy atom. The summed E-state index contributed by atoms with van der Waals surface area (Å²) in [6, 6.07) is 12.2. The van der Waals surface area contributed by atoms with Crippen LogP contribution in [0.15, 0.2) is 47.6 Å². The van der Waals surface area contributed by atoms with E-state index in [1.807, 2.05) is 6.92 Å². The SMILES string of the molecule is CCOc1ccc(NC(=O)CSc2nnc(-c3ccc(Cl)c(Cl)c3)n2N)cc1. The zero-order chi connectivity index (χ0) is 20.1. The number of nitrogens with one attached hydrogen (secondary N) is 1. The number of hydrogen-bond donors (Lipinski definition) is 2. The van der Waals surface area contributed by atoms with Crippen LogP contribution in [-0.4, -0.2) is 33.1 Å². The molecule has 10 heteroatoms. The Balaban J connectivity index is 1.60. The van der Waals surface area contributed by atoms with Gasteiger partial charge in [-0.3, -0.25) is 4.79 Å². The number of aromatic nitrogens is 3. The molecular weight excluding hydrogens is 421 g/mol. The first-order valence-corrected chi connectivity index (χ1v) is 10.0. The predicted molar refractivity (Wildman–Crippen MR) is 113 cm³/mol. The van der Waals surface area contributed by atoms with E-state index in [0.29, 0.717) is 38.9 Å². The average molecular weight is 438 g/mol. The number of thioether (sulfide) groups is 1. The summed E-state index contributed by atoms with van der Waals surface area (Å²) in [5.41, 5.74) is 1.36. The number of carbonyl (C=O) groups excluding carboxylic acids is 1. The number of nitrogens with two attached hydrogens (primary N) is 1. The average Bonchev–Trinajstić information content (AvgIpc) is 3.05. The number of benzene rings is 2. The molecule has 0 atom stereocenters. The van der Waals surface area contributed by atoms with Crippen LogP contribution in [0.25, 0.3) is 11.4 Å². The molecular formula is C18H17Cl2N5O2S. The van der Waals surface area contributed by atoms with Gasteiger partial charge in [-0.25, -0.2) is 4.68 Å². The Kier molecular flexibility index (Phi) is 6.66. The molecule has 0 fully saturated rings. The summed E-state index contributed by atoms with van der Waals surface area (Å²) in [4.78, 5) is 12.2. The van der Waals surface area contributed by atoms with Crippen LogP contribution in [0.4, 0.5) is 5.69 Å². The van der Waals surface area contributed by atoms with Crippen LogP contribution in [0.2, 0.25) is 10.0 Å². The second-order valence-corrected chi connectivity index (χ2v) is 7.36. The van der Waals surface area contributed by atoms with Crippen LogP contribution in [0.5, 0.6) is 5.75 Å². The van der Waals surface area contributed by atoms with E-state index in [4.69, 9.17) is 33.8 Å². The molecule has 0 unspecified atom stereocenters. The Hall–Kier alpha value is -2.42. The van der Waals surface area contributed by atoms with Crippen molar-refractivity contribution in [3.63, 3.8) is 0 Å². The van der Waals surface area contributed by atoms with Crippen LogP contribution in [0.1, 0.15) is 6.92 Å². The van der Waals surface area contributed by atoms with Crippen molar-refractivity contribution < 1.29 is 9.53 Å². The highest BCUT2D eigenvalue weighted by Crippen LogP contribution is 2.28. The monoisotopic (exact) mass is 437 g/mol. The second-order valence-electron chi connectivity index (χ2n) is 5.60. The van der Waals surface area contributed by atoms with E-state index in [-0.39, 0.29) is 11.7 Å². The van der Waals surface area contributed by atoms with Gasteiger partial charge >= 0.3 is 0 Å². The third-order valence-corrected chi connectivity index (χ3v) is 5.31. The van der Waals surface area contributed by atoms with Crippen molar-refractivity contribution in [2.75, 3.05) is 23.5 Å². The van der Waals surface area contributed by atoms with Gasteiger partial charge in [0.25, 0.3) is 0 Å². The topological polar surface area (TPSA) is 95.1 Å². The maximum Gasteiger partial charge on any atom is 0.234 e. The summed E-state index contributed by atoms with van der Waals surface area (Å²) in [6.45, 7) is 2.50. The minimum Gasteiger partial charge on any atom is -0.494 e. The lowest BCUT2D eigenvalue weighted by atomic mass is 10.2. The van der Waals surface area contributed by atoms with Gasteiger partial charge in [-0.05, 0) is 49.4 Å². The second kappa shape index (κ2) is 9.18. The smallest absolute Gasteiger partial charge is 0.234 e. The van der Waals surface area contributed by atoms with Crippen molar-refractivity contribution in [2.45, 2.75) is 12.1 Å². The Morgan fingerprint density at radius 2 is 1.93 bits per heavy atom. The van der Waals surface area contributed by atoms with Crippen LogP contribution < -0.4 is 15.9 Å². The number of amides is 1. The molecule has 0 aliphatic carbocycles. The molecule has 0 saturated heterocycles. The van der Waals surface area contributed by atoms with Crippen molar-refractivity contribution in [2.24, 2.45) is 0 Å². The fourth-order valence-corrected chi connectivity index (χ4v) is 3.29. The molecule has 146 valence electrons. The van der Waals surface area contributed by atoms with Crippen molar-refractivity contribution in [1.29, 1.82) is 0 Å². The first kappa shape index (κ1) is 20.3. The fraction of sp³-hybridized carbons (Fsp3) is 0.167. The number of anilines is 1. The quantitative estimate of drug-likeness (QED) is 0.426. The maximum absolute atomic E-state index is 12.2. The van der Waals surface area contributed by atoms with Crippen molar-refractivity contribution in [3.8, 4) is 17.1 Å². The summed E-state index contributed by atoms with van der Waals surface area (Å²) < 4.78 is 6.69. The molecule has 0 aliphatic heterocycles. The molecule has 0 aliphatic rings. The van der Waals surface area contributed by atoms with Crippen molar-refractivity contribution >= 4 is 46.6 Å². The van der Waals surface area contributed by atoms with E-state index in [1.165, 1.54) is 16.4 Å². The third kappa shape index (κ3) is 4.89. The molecule has 0 spiro atoms. The zero-order valence-corrected chi connectivity index (χ0v) is 17.2. The number of ether oxygens (including phenoxy) is 1. The predicted octanol–water partition coefficient (Wildman–Crippen LogP) is 4.10. The summed E-state index contributed by atoms with van der Waals surface area (Å²) in [5.74, 6) is 7.17. The summed E-state index contributed by atoms with van der Waals surface area (Å²) in [5, 5.41) is 12.1. The maximum atomic E-state index is 12.2. The molecule has 2 aromatic carbocycles. The molecule has 1 heterocycles. The van der Waals surface area contributed by atoms with Crippen molar-refractivity contribution in [1.82, 2.24) is 14.9 Å². The molecule has 0 saturated carbocycles. The highest BCUT2D eigenvalue weighted by Gasteiger charge is 2.15. The normalized spacial score (nSPS) is 10.7. The van der Waals surface area contributed by atoms with Crippen molar-refractivity contribution in [3.05, 3.63) is 52.5 Å². The zero-order valence-electron chi connectivity index (χ0n) is 14.9. The lowest BCUT2D eigenvalue weighted by Crippen LogP contribution is -2.16. The van der Waals surface area contributed by atoms with Crippen LogP contribution in [0, 0.1) is 0 Å². The largest absolute Gasteiger partial charge is 0.494 e. The van der Waals surface area contributed by atoms with Crippen LogP contribution in [0.3, 0.4) is 0 Å². The van der Waals surface area contributed by atoms with Gasteiger partial charge in [0, 0.05) is 11.3 Å². The number of carbonyl (C=O) groups is 1. The standard InChI is InChI=1S/C18H17Cl2N5O2S/c1-2-27-13-6-4-12(5-7-13)22-16(26)10-28-18-24-23-17(25(18)21)11-3-8-14(19)15(20)9-11/h3-9H,2,10,21H2,1H3,(H,22,26). The molecule has 0 bridgehead atoms. The molecule has 3 N–H and O–H groups in total. The Labute approximate surface area is 176 Å². The Bertz CT molecular complexity index is 979. The molecule has 3 aromatic rings. The molecule has 1 aromatic heterocycles. The molecule has 3 rings (SSSR count). The summed E-state index contributed by atoms with van der Waals surface area (Å²) >= 11 is 13.1. The van der Waals surface area contributed by atoms with E-state index in [0.717, 1.165) is 5.75 Å². The van der Waals surface area contributed by atoms with E-state index >= 15 is 0 Å². The van der Waals surface area contributed by atoms with E-state index in [2.05, 4.69) is 15.5 Å². The van der Waals surface area contributed by atoms with Gasteiger partial charge in [-0.15, -0.1) is 10.2 Å². The van der Waals surface area contributed by atoms with Gasteiger partial charge in [0.05, 0.1) is 22.4 Å². The van der Waals surface area contributed by atoms with Gasteiger partial charge in [0.2, 0.25) is 11.1 Å². The number of rotatable bonds is 7. The van der Waals surface area contributed by atoms with E-state index < -0.39 is 0 Å².